The van der Waals surface area contributed by atoms with Crippen LogP contribution in [0.2, 0.25) is 0 Å². The predicted molar refractivity (Wildman–Crippen MR) is 84.6 cm³/mol. The maximum atomic E-state index is 13.5. The van der Waals surface area contributed by atoms with Gasteiger partial charge in [0.1, 0.15) is 0 Å². The summed E-state index contributed by atoms with van der Waals surface area (Å²) in [5.74, 6) is -0.994. The highest BCUT2D eigenvalue weighted by Crippen LogP contribution is 2.26. The maximum Gasteiger partial charge on any atom is 0.254 e. The second-order valence-corrected chi connectivity index (χ2v) is 6.05. The van der Waals surface area contributed by atoms with Crippen LogP contribution in [0, 0.1) is 5.82 Å². The third-order valence-electron chi connectivity index (χ3n) is 3.32. The lowest BCUT2D eigenvalue weighted by molar-refractivity contribution is 0.0947. The van der Waals surface area contributed by atoms with Crippen molar-refractivity contribution in [1.29, 1.82) is 0 Å². The van der Waals surface area contributed by atoms with E-state index < -0.39 is 11.7 Å². The van der Waals surface area contributed by atoms with E-state index in [4.69, 9.17) is 0 Å². The summed E-state index contributed by atoms with van der Waals surface area (Å²) in [5.41, 5.74) is 0.965. The third kappa shape index (κ3) is 2.96. The molecule has 0 spiro atoms. The van der Waals surface area contributed by atoms with Gasteiger partial charge in [0, 0.05) is 18.7 Å². The Kier molecular flexibility index (Phi) is 4.11. The molecule has 6 heteroatoms. The van der Waals surface area contributed by atoms with Crippen LogP contribution >= 0.6 is 11.3 Å². The summed E-state index contributed by atoms with van der Waals surface area (Å²) in [5, 5.41) is 3.70. The molecule has 0 fully saturated rings. The molecule has 0 aliphatic rings. The quantitative estimate of drug-likeness (QED) is 0.803. The fourth-order valence-electron chi connectivity index (χ4n) is 2.09. The fraction of sp³-hybridized carbons (Fsp3) is 0.188. The van der Waals surface area contributed by atoms with Crippen molar-refractivity contribution in [2.75, 3.05) is 6.54 Å². The predicted octanol–water partition coefficient (Wildman–Crippen LogP) is 3.36. The van der Waals surface area contributed by atoms with Crippen LogP contribution in [0.25, 0.3) is 10.2 Å². The Balaban J connectivity index is 1.68. The Labute approximate surface area is 131 Å². The number of rotatable bonds is 4. The number of fused-ring (bicyclic) bond motifs is 1. The molecule has 4 nitrogen and oxygen atoms in total. The number of para-hydroxylation sites is 1. The van der Waals surface area contributed by atoms with Gasteiger partial charge in [-0.25, -0.2) is 9.37 Å². The molecule has 3 aromatic rings. The first-order valence-corrected chi connectivity index (χ1v) is 7.70. The Morgan fingerprint density at radius 3 is 2.95 bits per heavy atom. The second-order valence-electron chi connectivity index (χ2n) is 4.99. The highest BCUT2D eigenvalue weighted by molar-refractivity contribution is 7.18. The molecule has 0 radical (unpaired) electrons. The maximum absolute atomic E-state index is 13.5. The van der Waals surface area contributed by atoms with E-state index in [1.165, 1.54) is 12.3 Å². The molecule has 0 saturated heterocycles. The lowest BCUT2D eigenvalue weighted by Crippen LogP contribution is -2.28. The van der Waals surface area contributed by atoms with Crippen LogP contribution in [0.15, 0.2) is 42.7 Å². The molecule has 0 aliphatic heterocycles. The molecule has 1 amide bonds. The van der Waals surface area contributed by atoms with Gasteiger partial charge in [-0.1, -0.05) is 19.1 Å². The lowest BCUT2D eigenvalue weighted by atomic mass is 10.2. The number of halogens is 1. The molecule has 1 N–H and O–H groups in total. The molecule has 0 aliphatic carbocycles. The van der Waals surface area contributed by atoms with Crippen molar-refractivity contribution in [3.63, 3.8) is 0 Å². The lowest BCUT2D eigenvalue weighted by Gasteiger charge is -2.10. The van der Waals surface area contributed by atoms with Crippen molar-refractivity contribution in [2.24, 2.45) is 0 Å². The van der Waals surface area contributed by atoms with Crippen molar-refractivity contribution >= 4 is 27.5 Å². The van der Waals surface area contributed by atoms with E-state index in [2.05, 4.69) is 15.3 Å². The molecular weight excluding hydrogens is 301 g/mol. The van der Waals surface area contributed by atoms with Gasteiger partial charge in [0.2, 0.25) is 0 Å². The first-order chi connectivity index (χ1) is 10.6. The first-order valence-electron chi connectivity index (χ1n) is 6.88. The molecule has 2 heterocycles. The summed E-state index contributed by atoms with van der Waals surface area (Å²) in [6.45, 7) is 2.39. The van der Waals surface area contributed by atoms with Gasteiger partial charge in [-0.15, -0.1) is 11.3 Å². The minimum absolute atomic E-state index is 0.00602. The number of aromatic nitrogens is 2. The number of hydrogen-bond donors (Lipinski definition) is 1. The van der Waals surface area contributed by atoms with Crippen LogP contribution in [0.5, 0.6) is 0 Å². The smallest absolute Gasteiger partial charge is 0.254 e. The molecule has 112 valence electrons. The number of hydrogen-bond acceptors (Lipinski definition) is 4. The van der Waals surface area contributed by atoms with Gasteiger partial charge in [0.15, 0.2) is 5.82 Å². The zero-order valence-electron chi connectivity index (χ0n) is 11.9. The van der Waals surface area contributed by atoms with Gasteiger partial charge in [0.05, 0.1) is 27.0 Å². The van der Waals surface area contributed by atoms with E-state index in [-0.39, 0.29) is 11.5 Å². The van der Waals surface area contributed by atoms with Crippen LogP contribution < -0.4 is 5.32 Å². The minimum atomic E-state index is -0.618. The Morgan fingerprint density at radius 1 is 1.36 bits per heavy atom. The number of benzene rings is 1. The SMILES string of the molecule is C[C@H](CNC(=O)c1ccncc1F)c1nc2ccccc2s1. The van der Waals surface area contributed by atoms with E-state index in [1.54, 1.807) is 11.3 Å². The molecular formula is C16H14FN3OS. The monoisotopic (exact) mass is 315 g/mol. The van der Waals surface area contributed by atoms with E-state index >= 15 is 0 Å². The van der Waals surface area contributed by atoms with Crippen molar-refractivity contribution in [3.05, 3.63) is 59.1 Å². The van der Waals surface area contributed by atoms with E-state index in [9.17, 15) is 9.18 Å². The molecule has 1 aromatic carbocycles. The highest BCUT2D eigenvalue weighted by Gasteiger charge is 2.15. The van der Waals surface area contributed by atoms with Gasteiger partial charge in [-0.3, -0.25) is 9.78 Å². The summed E-state index contributed by atoms with van der Waals surface area (Å²) >= 11 is 1.61. The van der Waals surface area contributed by atoms with Crippen LogP contribution in [0.4, 0.5) is 4.39 Å². The summed E-state index contributed by atoms with van der Waals surface area (Å²) in [6.07, 6.45) is 2.43. The minimum Gasteiger partial charge on any atom is -0.351 e. The van der Waals surface area contributed by atoms with Crippen LogP contribution in [0.1, 0.15) is 28.2 Å². The number of amides is 1. The summed E-state index contributed by atoms with van der Waals surface area (Å²) < 4.78 is 14.6. The zero-order valence-corrected chi connectivity index (χ0v) is 12.7. The molecule has 1 atom stereocenters. The van der Waals surface area contributed by atoms with Gasteiger partial charge < -0.3 is 5.32 Å². The van der Waals surface area contributed by atoms with Gasteiger partial charge in [0.25, 0.3) is 5.91 Å². The van der Waals surface area contributed by atoms with E-state index in [0.29, 0.717) is 6.54 Å². The van der Waals surface area contributed by atoms with Crippen molar-refractivity contribution in [2.45, 2.75) is 12.8 Å². The van der Waals surface area contributed by atoms with Gasteiger partial charge >= 0.3 is 0 Å². The van der Waals surface area contributed by atoms with E-state index in [0.717, 1.165) is 21.4 Å². The van der Waals surface area contributed by atoms with Crippen molar-refractivity contribution < 1.29 is 9.18 Å². The van der Waals surface area contributed by atoms with Crippen molar-refractivity contribution in [1.82, 2.24) is 15.3 Å². The molecule has 2 aromatic heterocycles. The summed E-state index contributed by atoms with van der Waals surface area (Å²) in [6, 6.07) is 9.28. The highest BCUT2D eigenvalue weighted by atomic mass is 32.1. The first kappa shape index (κ1) is 14.6. The molecule has 0 saturated carbocycles. The Bertz CT molecular complexity index is 785. The average Bonchev–Trinajstić information content (AvgIpc) is 2.97. The number of carbonyl (C=O) groups excluding carboxylic acids is 1. The van der Waals surface area contributed by atoms with Gasteiger partial charge in [-0.05, 0) is 18.2 Å². The normalized spacial score (nSPS) is 12.3. The van der Waals surface area contributed by atoms with Crippen LogP contribution in [0.3, 0.4) is 0 Å². The summed E-state index contributed by atoms with van der Waals surface area (Å²) in [4.78, 5) is 20.2. The molecule has 0 unspecified atom stereocenters. The van der Waals surface area contributed by atoms with Crippen molar-refractivity contribution in [3.8, 4) is 0 Å². The topological polar surface area (TPSA) is 54.9 Å². The van der Waals surface area contributed by atoms with Crippen LogP contribution in [-0.4, -0.2) is 22.4 Å². The number of carbonyl (C=O) groups is 1. The summed E-state index contributed by atoms with van der Waals surface area (Å²) in [7, 11) is 0. The Hall–Kier alpha value is -2.34. The zero-order chi connectivity index (χ0) is 15.5. The molecule has 22 heavy (non-hydrogen) atoms. The van der Waals surface area contributed by atoms with E-state index in [1.807, 2.05) is 31.2 Å². The third-order valence-corrected chi connectivity index (χ3v) is 4.59. The second kappa shape index (κ2) is 6.19. The fourth-order valence-corrected chi connectivity index (χ4v) is 3.11. The number of thiazole rings is 1. The average molecular weight is 315 g/mol. The van der Waals surface area contributed by atoms with Crippen LogP contribution in [-0.2, 0) is 0 Å². The largest absolute Gasteiger partial charge is 0.351 e. The number of pyridine rings is 1. The standard InChI is InChI=1S/C16H14FN3OS/c1-10(16-20-13-4-2-3-5-14(13)22-16)8-19-15(21)11-6-7-18-9-12(11)17/h2-7,9-10H,8H2,1H3,(H,19,21)/t10-/m1/s1. The van der Waals surface area contributed by atoms with Gasteiger partial charge in [-0.2, -0.15) is 0 Å². The number of nitrogens with one attached hydrogen (secondary N) is 1. The number of nitrogens with zero attached hydrogens (tertiary/aromatic N) is 2. The molecule has 0 bridgehead atoms. The molecule has 3 rings (SSSR count). The Morgan fingerprint density at radius 2 is 2.18 bits per heavy atom.